The number of hydrogen-bond acceptors (Lipinski definition) is 0. The molecule has 0 amide bonds. The molecule has 0 bridgehead atoms. The van der Waals surface area contributed by atoms with Crippen LogP contribution in [0.25, 0.3) is 0 Å². The first-order valence-electron chi connectivity index (χ1n) is 6.33. The lowest BCUT2D eigenvalue weighted by Crippen LogP contribution is -2.18. The maximum atomic E-state index is 3.63. The molecular formula is C14H25Br. The van der Waals surface area contributed by atoms with Gasteiger partial charge in [0.05, 0.1) is 0 Å². The summed E-state index contributed by atoms with van der Waals surface area (Å²) in [6.07, 6.45) is 8.17. The fourth-order valence-electron chi connectivity index (χ4n) is 2.48. The second-order valence-corrected chi connectivity index (χ2v) is 6.82. The lowest BCUT2D eigenvalue weighted by atomic mass is 9.76. The Morgan fingerprint density at radius 3 is 2.07 bits per heavy atom. The first kappa shape index (κ1) is 13.3. The Labute approximate surface area is 104 Å². The molecule has 15 heavy (non-hydrogen) atoms. The van der Waals surface area contributed by atoms with E-state index in [1.165, 1.54) is 31.3 Å². The van der Waals surface area contributed by atoms with Crippen molar-refractivity contribution >= 4 is 15.9 Å². The summed E-state index contributed by atoms with van der Waals surface area (Å²) in [5, 5.41) is 0. The quantitative estimate of drug-likeness (QED) is 0.491. The van der Waals surface area contributed by atoms with Crippen LogP contribution in [0.15, 0.2) is 11.6 Å². The molecule has 88 valence electrons. The van der Waals surface area contributed by atoms with Gasteiger partial charge < -0.3 is 0 Å². The van der Waals surface area contributed by atoms with Gasteiger partial charge >= 0.3 is 0 Å². The van der Waals surface area contributed by atoms with E-state index in [2.05, 4.69) is 49.7 Å². The van der Waals surface area contributed by atoms with Crippen LogP contribution in [0.4, 0.5) is 0 Å². The monoisotopic (exact) mass is 272 g/mol. The standard InChI is InChI=1S/C14H25Br/c1-10(2)14-7-5-13(6-8-14)9-11(3)12(4)15/h9-10,12-14H,5-8H2,1-4H3/b11-9-. The predicted octanol–water partition coefficient (Wildman–Crippen LogP) is 5.18. The van der Waals surface area contributed by atoms with E-state index >= 15 is 0 Å². The number of halogens is 1. The fourth-order valence-corrected chi connectivity index (χ4v) is 2.64. The van der Waals surface area contributed by atoms with E-state index in [0.29, 0.717) is 4.83 Å². The van der Waals surface area contributed by atoms with Gasteiger partial charge in [0.2, 0.25) is 0 Å². The van der Waals surface area contributed by atoms with Gasteiger partial charge in [-0.2, -0.15) is 0 Å². The predicted molar refractivity (Wildman–Crippen MR) is 72.4 cm³/mol. The molecule has 0 spiro atoms. The fraction of sp³-hybridized carbons (Fsp3) is 0.857. The first-order valence-corrected chi connectivity index (χ1v) is 7.24. The molecule has 1 aliphatic carbocycles. The Morgan fingerprint density at radius 1 is 1.13 bits per heavy atom. The third-order valence-corrected chi connectivity index (χ3v) is 4.61. The zero-order valence-electron chi connectivity index (χ0n) is 10.6. The highest BCUT2D eigenvalue weighted by Crippen LogP contribution is 2.34. The molecule has 1 unspecified atom stereocenters. The maximum absolute atomic E-state index is 3.63. The second-order valence-electron chi connectivity index (χ2n) is 5.45. The van der Waals surface area contributed by atoms with Crippen LogP contribution in [0.5, 0.6) is 0 Å². The van der Waals surface area contributed by atoms with Crippen LogP contribution < -0.4 is 0 Å². The van der Waals surface area contributed by atoms with Gasteiger partial charge in [-0.25, -0.2) is 0 Å². The van der Waals surface area contributed by atoms with E-state index in [0.717, 1.165) is 17.8 Å². The SMILES string of the molecule is C/C(=C/C1CCC(C(C)C)CC1)C(C)Br. The van der Waals surface area contributed by atoms with E-state index < -0.39 is 0 Å². The lowest BCUT2D eigenvalue weighted by Gasteiger charge is -2.29. The molecule has 0 saturated heterocycles. The molecule has 0 radical (unpaired) electrons. The van der Waals surface area contributed by atoms with Crippen LogP contribution in [0, 0.1) is 17.8 Å². The van der Waals surface area contributed by atoms with Gasteiger partial charge in [0.15, 0.2) is 0 Å². The minimum Gasteiger partial charge on any atom is -0.0846 e. The summed E-state index contributed by atoms with van der Waals surface area (Å²) in [6.45, 7) is 9.19. The number of hydrogen-bond donors (Lipinski definition) is 0. The molecule has 0 N–H and O–H groups in total. The number of rotatable bonds is 3. The van der Waals surface area contributed by atoms with Crippen molar-refractivity contribution in [3.63, 3.8) is 0 Å². The molecule has 0 aromatic carbocycles. The molecular weight excluding hydrogens is 248 g/mol. The molecule has 1 heteroatoms. The average molecular weight is 273 g/mol. The minimum absolute atomic E-state index is 0.542. The Kier molecular flexibility index (Phi) is 5.38. The number of allylic oxidation sites excluding steroid dienone is 2. The van der Waals surface area contributed by atoms with E-state index in [-0.39, 0.29) is 0 Å². The highest BCUT2D eigenvalue weighted by atomic mass is 79.9. The molecule has 1 saturated carbocycles. The largest absolute Gasteiger partial charge is 0.0846 e. The van der Waals surface area contributed by atoms with Crippen molar-refractivity contribution in [1.29, 1.82) is 0 Å². The van der Waals surface area contributed by atoms with Gasteiger partial charge in [-0.3, -0.25) is 0 Å². The Balaban J connectivity index is 2.41. The highest BCUT2D eigenvalue weighted by molar-refractivity contribution is 9.09. The van der Waals surface area contributed by atoms with E-state index in [1.54, 1.807) is 0 Å². The Hall–Kier alpha value is 0.220. The Bertz CT molecular complexity index is 207. The second kappa shape index (κ2) is 6.08. The third-order valence-electron chi connectivity index (χ3n) is 3.89. The highest BCUT2D eigenvalue weighted by Gasteiger charge is 2.22. The third kappa shape index (κ3) is 4.30. The van der Waals surface area contributed by atoms with Crippen LogP contribution in [-0.4, -0.2) is 4.83 Å². The normalized spacial score (nSPS) is 30.7. The van der Waals surface area contributed by atoms with Crippen molar-refractivity contribution < 1.29 is 0 Å². The molecule has 0 aromatic heterocycles. The molecule has 1 fully saturated rings. The summed E-state index contributed by atoms with van der Waals surface area (Å²) < 4.78 is 0. The van der Waals surface area contributed by atoms with Crippen molar-refractivity contribution in [3.8, 4) is 0 Å². The van der Waals surface area contributed by atoms with Gasteiger partial charge in [-0.1, -0.05) is 41.4 Å². The van der Waals surface area contributed by atoms with Gasteiger partial charge in [0, 0.05) is 4.83 Å². The molecule has 1 rings (SSSR count). The van der Waals surface area contributed by atoms with Gasteiger partial charge in [-0.15, -0.1) is 0 Å². The molecule has 0 aliphatic heterocycles. The lowest BCUT2D eigenvalue weighted by molar-refractivity contribution is 0.247. The van der Waals surface area contributed by atoms with Crippen LogP contribution in [0.2, 0.25) is 0 Å². The molecule has 1 atom stereocenters. The molecule has 0 aromatic rings. The van der Waals surface area contributed by atoms with E-state index in [9.17, 15) is 0 Å². The van der Waals surface area contributed by atoms with Gasteiger partial charge in [-0.05, 0) is 57.3 Å². The number of alkyl halides is 1. The summed E-state index contributed by atoms with van der Waals surface area (Å²) in [7, 11) is 0. The molecule has 0 nitrogen and oxygen atoms in total. The van der Waals surface area contributed by atoms with Crippen molar-refractivity contribution in [1.82, 2.24) is 0 Å². The van der Waals surface area contributed by atoms with Crippen molar-refractivity contribution in [3.05, 3.63) is 11.6 Å². The summed E-state index contributed by atoms with van der Waals surface area (Å²) in [5.41, 5.74) is 1.50. The Morgan fingerprint density at radius 2 is 1.67 bits per heavy atom. The maximum Gasteiger partial charge on any atom is 0.0323 e. The van der Waals surface area contributed by atoms with E-state index in [4.69, 9.17) is 0 Å². The first-order chi connectivity index (χ1) is 7.00. The average Bonchev–Trinajstić information content (AvgIpc) is 2.18. The van der Waals surface area contributed by atoms with Gasteiger partial charge in [0.25, 0.3) is 0 Å². The summed E-state index contributed by atoms with van der Waals surface area (Å²) in [5.74, 6) is 2.71. The zero-order chi connectivity index (χ0) is 11.4. The van der Waals surface area contributed by atoms with Gasteiger partial charge in [0.1, 0.15) is 0 Å². The topological polar surface area (TPSA) is 0 Å². The van der Waals surface area contributed by atoms with Crippen LogP contribution in [-0.2, 0) is 0 Å². The summed E-state index contributed by atoms with van der Waals surface area (Å²) in [4.78, 5) is 0.542. The minimum atomic E-state index is 0.542. The van der Waals surface area contributed by atoms with Crippen molar-refractivity contribution in [2.24, 2.45) is 17.8 Å². The van der Waals surface area contributed by atoms with E-state index in [1.807, 2.05) is 0 Å². The molecule has 0 heterocycles. The molecule has 1 aliphatic rings. The van der Waals surface area contributed by atoms with Crippen molar-refractivity contribution in [2.75, 3.05) is 0 Å². The van der Waals surface area contributed by atoms with Crippen LogP contribution in [0.3, 0.4) is 0 Å². The summed E-state index contributed by atoms with van der Waals surface area (Å²) in [6, 6.07) is 0. The summed E-state index contributed by atoms with van der Waals surface area (Å²) >= 11 is 3.63. The van der Waals surface area contributed by atoms with Crippen LogP contribution in [0.1, 0.15) is 53.4 Å². The zero-order valence-corrected chi connectivity index (χ0v) is 12.2. The van der Waals surface area contributed by atoms with Crippen molar-refractivity contribution in [2.45, 2.75) is 58.2 Å². The van der Waals surface area contributed by atoms with Crippen LogP contribution >= 0.6 is 15.9 Å². The smallest absolute Gasteiger partial charge is 0.0323 e.